The number of aliphatic hydroxyl groups excluding tert-OH is 1. The molecule has 0 aromatic rings. The fourth-order valence-electron chi connectivity index (χ4n) is 1.79. The standard InChI is InChI=1S/C11H21NO2S/c1-3-11(4-2,8-13)12-10(14)9-5-6-15-7-9/h9,13H,3-8H2,1-2H3,(H,12,14). The molecule has 1 fully saturated rings. The van der Waals surface area contributed by atoms with Crippen molar-refractivity contribution in [1.29, 1.82) is 0 Å². The molecular formula is C11H21NO2S. The number of thioether (sulfide) groups is 1. The molecule has 1 aliphatic heterocycles. The lowest BCUT2D eigenvalue weighted by Crippen LogP contribution is -2.52. The number of carbonyl (C=O) groups excluding carboxylic acids is 1. The third-order valence-corrected chi connectivity index (χ3v) is 4.51. The van der Waals surface area contributed by atoms with Crippen molar-refractivity contribution in [3.05, 3.63) is 0 Å². The van der Waals surface area contributed by atoms with Crippen molar-refractivity contribution in [3.63, 3.8) is 0 Å². The third-order valence-electron chi connectivity index (χ3n) is 3.35. The molecule has 1 atom stereocenters. The summed E-state index contributed by atoms with van der Waals surface area (Å²) in [4.78, 5) is 11.9. The van der Waals surface area contributed by atoms with E-state index in [1.807, 2.05) is 25.6 Å². The maximum Gasteiger partial charge on any atom is 0.224 e. The first-order chi connectivity index (χ1) is 7.17. The number of rotatable bonds is 5. The van der Waals surface area contributed by atoms with Crippen LogP contribution in [0.5, 0.6) is 0 Å². The van der Waals surface area contributed by atoms with Crippen molar-refractivity contribution >= 4 is 17.7 Å². The van der Waals surface area contributed by atoms with Gasteiger partial charge < -0.3 is 10.4 Å². The van der Waals surface area contributed by atoms with Gasteiger partial charge in [-0.05, 0) is 25.0 Å². The van der Waals surface area contributed by atoms with Gasteiger partial charge in [-0.25, -0.2) is 0 Å². The molecule has 0 bridgehead atoms. The van der Waals surface area contributed by atoms with E-state index in [2.05, 4.69) is 5.32 Å². The minimum absolute atomic E-state index is 0.0333. The van der Waals surface area contributed by atoms with Crippen LogP contribution in [0.15, 0.2) is 0 Å². The average Bonchev–Trinajstić information content (AvgIpc) is 2.79. The van der Waals surface area contributed by atoms with Crippen LogP contribution in [0.4, 0.5) is 0 Å². The van der Waals surface area contributed by atoms with Gasteiger partial charge in [-0.15, -0.1) is 0 Å². The molecule has 0 spiro atoms. The van der Waals surface area contributed by atoms with Crippen LogP contribution >= 0.6 is 11.8 Å². The van der Waals surface area contributed by atoms with E-state index in [4.69, 9.17) is 0 Å². The number of hydrogen-bond donors (Lipinski definition) is 2. The Balaban J connectivity index is 2.53. The van der Waals surface area contributed by atoms with Crippen LogP contribution in [0.1, 0.15) is 33.1 Å². The quantitative estimate of drug-likeness (QED) is 0.752. The smallest absolute Gasteiger partial charge is 0.224 e. The van der Waals surface area contributed by atoms with Crippen molar-refractivity contribution < 1.29 is 9.90 Å². The summed E-state index contributed by atoms with van der Waals surface area (Å²) in [5.41, 5.74) is -0.398. The van der Waals surface area contributed by atoms with Crippen molar-refractivity contribution in [1.82, 2.24) is 5.32 Å². The highest BCUT2D eigenvalue weighted by Crippen LogP contribution is 2.25. The first kappa shape index (κ1) is 12.8. The van der Waals surface area contributed by atoms with Crippen LogP contribution in [-0.2, 0) is 4.79 Å². The molecule has 0 saturated carbocycles. The number of carbonyl (C=O) groups is 1. The van der Waals surface area contributed by atoms with Crippen LogP contribution in [0.3, 0.4) is 0 Å². The summed E-state index contributed by atoms with van der Waals surface area (Å²) in [5.74, 6) is 2.29. The molecule has 0 aliphatic carbocycles. The minimum atomic E-state index is -0.398. The Bertz CT molecular complexity index is 202. The average molecular weight is 231 g/mol. The van der Waals surface area contributed by atoms with Gasteiger partial charge in [0.15, 0.2) is 0 Å². The van der Waals surface area contributed by atoms with Crippen LogP contribution in [-0.4, -0.2) is 34.7 Å². The monoisotopic (exact) mass is 231 g/mol. The van der Waals surface area contributed by atoms with E-state index in [-0.39, 0.29) is 18.4 Å². The Morgan fingerprint density at radius 3 is 2.60 bits per heavy atom. The zero-order valence-corrected chi connectivity index (χ0v) is 10.4. The molecular weight excluding hydrogens is 210 g/mol. The molecule has 3 nitrogen and oxygen atoms in total. The van der Waals surface area contributed by atoms with E-state index in [1.165, 1.54) is 0 Å². The highest BCUT2D eigenvalue weighted by molar-refractivity contribution is 7.99. The second-order valence-corrected chi connectivity index (χ2v) is 5.35. The van der Waals surface area contributed by atoms with Gasteiger partial charge in [0.05, 0.1) is 12.1 Å². The zero-order chi connectivity index (χ0) is 11.3. The lowest BCUT2D eigenvalue weighted by Gasteiger charge is -2.31. The zero-order valence-electron chi connectivity index (χ0n) is 9.58. The van der Waals surface area contributed by atoms with Crippen LogP contribution < -0.4 is 5.32 Å². The number of amides is 1. The van der Waals surface area contributed by atoms with Crippen LogP contribution in [0.2, 0.25) is 0 Å². The summed E-state index contributed by atoms with van der Waals surface area (Å²) in [6.45, 7) is 4.04. The Labute approximate surface area is 96.0 Å². The molecule has 1 aliphatic rings. The van der Waals surface area contributed by atoms with Gasteiger partial charge in [0.1, 0.15) is 0 Å². The van der Waals surface area contributed by atoms with Gasteiger partial charge in [0.2, 0.25) is 5.91 Å². The van der Waals surface area contributed by atoms with Crippen molar-refractivity contribution in [2.24, 2.45) is 5.92 Å². The highest BCUT2D eigenvalue weighted by Gasteiger charge is 2.31. The van der Waals surface area contributed by atoms with Gasteiger partial charge in [-0.2, -0.15) is 11.8 Å². The predicted octanol–water partition coefficient (Wildman–Crippen LogP) is 1.41. The molecule has 1 unspecified atom stereocenters. The number of aliphatic hydroxyl groups is 1. The number of nitrogens with one attached hydrogen (secondary N) is 1. The van der Waals surface area contributed by atoms with E-state index in [0.717, 1.165) is 30.8 Å². The molecule has 1 heterocycles. The second kappa shape index (κ2) is 5.75. The van der Waals surface area contributed by atoms with Gasteiger partial charge in [-0.3, -0.25) is 4.79 Å². The summed E-state index contributed by atoms with van der Waals surface area (Å²) in [6.07, 6.45) is 2.54. The first-order valence-electron chi connectivity index (χ1n) is 5.68. The van der Waals surface area contributed by atoms with E-state index < -0.39 is 5.54 Å². The second-order valence-electron chi connectivity index (χ2n) is 4.20. The molecule has 0 radical (unpaired) electrons. The third kappa shape index (κ3) is 3.11. The molecule has 1 rings (SSSR count). The van der Waals surface area contributed by atoms with Gasteiger partial charge in [-0.1, -0.05) is 13.8 Å². The van der Waals surface area contributed by atoms with E-state index >= 15 is 0 Å². The lowest BCUT2D eigenvalue weighted by molar-refractivity contribution is -0.127. The molecule has 4 heteroatoms. The van der Waals surface area contributed by atoms with E-state index in [0.29, 0.717) is 0 Å². The Kier molecular flexibility index (Phi) is 4.93. The van der Waals surface area contributed by atoms with Crippen LogP contribution in [0, 0.1) is 5.92 Å². The maximum absolute atomic E-state index is 11.9. The molecule has 2 N–H and O–H groups in total. The Morgan fingerprint density at radius 2 is 2.20 bits per heavy atom. The fraction of sp³-hybridized carbons (Fsp3) is 0.909. The predicted molar refractivity (Wildman–Crippen MR) is 64.0 cm³/mol. The van der Waals surface area contributed by atoms with Crippen molar-refractivity contribution in [2.75, 3.05) is 18.1 Å². The lowest BCUT2D eigenvalue weighted by atomic mass is 9.92. The molecule has 0 aromatic heterocycles. The van der Waals surface area contributed by atoms with Gasteiger partial charge in [0.25, 0.3) is 0 Å². The van der Waals surface area contributed by atoms with Crippen LogP contribution in [0.25, 0.3) is 0 Å². The minimum Gasteiger partial charge on any atom is -0.394 e. The largest absolute Gasteiger partial charge is 0.394 e. The summed E-state index contributed by atoms with van der Waals surface area (Å²) >= 11 is 1.84. The van der Waals surface area contributed by atoms with E-state index in [9.17, 15) is 9.90 Å². The summed E-state index contributed by atoms with van der Waals surface area (Å²) in [5, 5.41) is 12.4. The molecule has 1 saturated heterocycles. The maximum atomic E-state index is 11.9. The van der Waals surface area contributed by atoms with Crippen molar-refractivity contribution in [3.8, 4) is 0 Å². The normalized spacial score (nSPS) is 21.7. The van der Waals surface area contributed by atoms with Crippen molar-refractivity contribution in [2.45, 2.75) is 38.6 Å². The SMILES string of the molecule is CCC(CC)(CO)NC(=O)C1CCSC1. The van der Waals surface area contributed by atoms with E-state index in [1.54, 1.807) is 0 Å². The Morgan fingerprint density at radius 1 is 1.53 bits per heavy atom. The fourth-order valence-corrected chi connectivity index (χ4v) is 3.02. The summed E-state index contributed by atoms with van der Waals surface area (Å²) in [6, 6.07) is 0. The molecule has 0 aromatic carbocycles. The topological polar surface area (TPSA) is 49.3 Å². The highest BCUT2D eigenvalue weighted by atomic mass is 32.2. The summed E-state index contributed by atoms with van der Waals surface area (Å²) in [7, 11) is 0. The summed E-state index contributed by atoms with van der Waals surface area (Å²) < 4.78 is 0. The first-order valence-corrected chi connectivity index (χ1v) is 6.83. The molecule has 1 amide bonds. The molecule has 15 heavy (non-hydrogen) atoms. The van der Waals surface area contributed by atoms with Gasteiger partial charge >= 0.3 is 0 Å². The Hall–Kier alpha value is -0.220. The van der Waals surface area contributed by atoms with Gasteiger partial charge in [0, 0.05) is 11.7 Å². The molecule has 88 valence electrons. The number of hydrogen-bond acceptors (Lipinski definition) is 3.